The number of amides is 2. The van der Waals surface area contributed by atoms with Crippen molar-refractivity contribution in [1.29, 1.82) is 0 Å². The number of fused-ring (bicyclic) bond motifs is 1. The van der Waals surface area contributed by atoms with Crippen molar-refractivity contribution in [2.75, 3.05) is 7.11 Å². The van der Waals surface area contributed by atoms with Gasteiger partial charge in [-0.2, -0.15) is 14.6 Å². The molecule has 184 valence electrons. The Kier molecular flexibility index (Phi) is 7.33. The van der Waals surface area contributed by atoms with E-state index < -0.39 is 23.8 Å². The molecule has 4 rings (SSSR count). The lowest BCUT2D eigenvalue weighted by atomic mass is 9.84. The van der Waals surface area contributed by atoms with Crippen LogP contribution in [0, 0.1) is 18.7 Å². The van der Waals surface area contributed by atoms with Crippen molar-refractivity contribution in [1.82, 2.24) is 30.2 Å². The number of benzene rings is 1. The maximum Gasteiger partial charge on any atom is 0.328 e. The third-order valence-electron chi connectivity index (χ3n) is 6.26. The van der Waals surface area contributed by atoms with E-state index in [-0.39, 0.29) is 35.4 Å². The van der Waals surface area contributed by atoms with Crippen molar-refractivity contribution in [2.45, 2.75) is 51.6 Å². The molecule has 2 N–H and O–H groups in total. The number of methoxy groups -OCH3 is 1. The molecule has 0 saturated heterocycles. The monoisotopic (exact) mass is 482 g/mol. The molecule has 0 aliphatic heterocycles. The van der Waals surface area contributed by atoms with Gasteiger partial charge in [0.1, 0.15) is 29.6 Å². The Labute approximate surface area is 201 Å². The molecule has 0 bridgehead atoms. The number of carbonyl (C=O) groups is 3. The predicted octanol–water partition coefficient (Wildman–Crippen LogP) is 2.35. The Bertz CT molecular complexity index is 1250. The number of nitrogens with one attached hydrogen (secondary N) is 2. The summed E-state index contributed by atoms with van der Waals surface area (Å²) in [6.45, 7) is 1.79. The van der Waals surface area contributed by atoms with Crippen molar-refractivity contribution in [2.24, 2.45) is 5.92 Å². The molecule has 1 atom stereocenters. The van der Waals surface area contributed by atoms with Crippen LogP contribution in [0.3, 0.4) is 0 Å². The summed E-state index contributed by atoms with van der Waals surface area (Å²) in [4.78, 5) is 46.7. The maximum absolute atomic E-state index is 13.5. The lowest BCUT2D eigenvalue weighted by Gasteiger charge is -2.29. The van der Waals surface area contributed by atoms with E-state index >= 15 is 0 Å². The number of halogens is 1. The Morgan fingerprint density at radius 3 is 2.66 bits per heavy atom. The van der Waals surface area contributed by atoms with Gasteiger partial charge in [0.2, 0.25) is 0 Å². The number of aryl methyl sites for hydroxylation is 1. The lowest BCUT2D eigenvalue weighted by Crippen LogP contribution is -2.47. The van der Waals surface area contributed by atoms with Crippen LogP contribution < -0.4 is 10.6 Å². The summed E-state index contributed by atoms with van der Waals surface area (Å²) in [6, 6.07) is 5.05. The van der Waals surface area contributed by atoms with Crippen molar-refractivity contribution in [3.8, 4) is 0 Å². The van der Waals surface area contributed by atoms with Crippen LogP contribution in [0.1, 0.15) is 64.2 Å². The molecule has 1 fully saturated rings. The topological polar surface area (TPSA) is 128 Å². The Balaban J connectivity index is 1.55. The molecule has 0 unspecified atom stereocenters. The van der Waals surface area contributed by atoms with Gasteiger partial charge in [0.25, 0.3) is 17.6 Å². The number of rotatable bonds is 7. The second-order valence-corrected chi connectivity index (χ2v) is 8.64. The van der Waals surface area contributed by atoms with Crippen molar-refractivity contribution < 1.29 is 23.5 Å². The highest BCUT2D eigenvalue weighted by atomic mass is 19.1. The molecule has 2 amide bonds. The van der Waals surface area contributed by atoms with Gasteiger partial charge in [0, 0.05) is 12.6 Å². The number of esters is 1. The first-order chi connectivity index (χ1) is 16.9. The van der Waals surface area contributed by atoms with Gasteiger partial charge >= 0.3 is 5.97 Å². The minimum Gasteiger partial charge on any atom is -0.467 e. The van der Waals surface area contributed by atoms with Crippen LogP contribution in [0.4, 0.5) is 4.39 Å². The van der Waals surface area contributed by atoms with Crippen LogP contribution in [0.2, 0.25) is 0 Å². The van der Waals surface area contributed by atoms with Crippen LogP contribution >= 0.6 is 0 Å². The molecule has 2 aromatic heterocycles. The molecule has 1 aliphatic carbocycles. The van der Waals surface area contributed by atoms with E-state index in [4.69, 9.17) is 4.74 Å². The average Bonchev–Trinajstić information content (AvgIpc) is 3.36. The number of nitrogens with zero attached hydrogens (tertiary/aromatic N) is 4. The zero-order valence-corrected chi connectivity index (χ0v) is 19.6. The first-order valence-electron chi connectivity index (χ1n) is 11.5. The molecular formula is C24H27FN6O4. The van der Waals surface area contributed by atoms with Gasteiger partial charge in [-0.25, -0.2) is 14.2 Å². The van der Waals surface area contributed by atoms with Gasteiger partial charge in [-0.05, 0) is 42.9 Å². The van der Waals surface area contributed by atoms with E-state index in [1.165, 1.54) is 30.1 Å². The SMILES string of the molecule is COC(=O)[C@H](NC(=O)c1cc(C(=O)NCc2ccc(F)c(C)c2)nc2ncnn12)C1CCCCC1. The molecule has 10 nitrogen and oxygen atoms in total. The molecule has 11 heteroatoms. The number of hydrogen-bond acceptors (Lipinski definition) is 7. The summed E-state index contributed by atoms with van der Waals surface area (Å²) in [5.41, 5.74) is 1.16. The standard InChI is InChI=1S/C24H27FN6O4/c1-14-10-15(8-9-17(14)25)12-26-21(32)18-11-19(31-24(29-18)27-13-28-31)22(33)30-20(23(34)35-2)16-6-4-3-5-7-16/h8-11,13,16,20H,3-7,12H2,1-2H3,(H,26,32)(H,30,33)/t20-/m1/s1. The summed E-state index contributed by atoms with van der Waals surface area (Å²) in [5.74, 6) is -1.94. The molecule has 35 heavy (non-hydrogen) atoms. The van der Waals surface area contributed by atoms with Gasteiger partial charge < -0.3 is 15.4 Å². The van der Waals surface area contributed by atoms with E-state index in [1.54, 1.807) is 19.1 Å². The molecule has 1 aromatic carbocycles. The summed E-state index contributed by atoms with van der Waals surface area (Å²) in [5, 5.41) is 9.53. The maximum atomic E-state index is 13.5. The predicted molar refractivity (Wildman–Crippen MR) is 123 cm³/mol. The fourth-order valence-corrected chi connectivity index (χ4v) is 4.36. The summed E-state index contributed by atoms with van der Waals surface area (Å²) in [6.07, 6.45) is 5.90. The quantitative estimate of drug-likeness (QED) is 0.495. The Morgan fingerprint density at radius 2 is 1.94 bits per heavy atom. The van der Waals surface area contributed by atoms with Crippen LogP contribution in [0.15, 0.2) is 30.6 Å². The van der Waals surface area contributed by atoms with Crippen molar-refractivity contribution in [3.63, 3.8) is 0 Å². The highest BCUT2D eigenvalue weighted by Gasteiger charge is 2.33. The minimum atomic E-state index is -0.807. The number of ether oxygens (including phenoxy) is 1. The van der Waals surface area contributed by atoms with Gasteiger partial charge in [0.05, 0.1) is 7.11 Å². The van der Waals surface area contributed by atoms with Crippen LogP contribution in [-0.2, 0) is 16.1 Å². The normalized spacial score (nSPS) is 14.9. The number of carbonyl (C=O) groups excluding carboxylic acids is 3. The number of hydrogen-bond donors (Lipinski definition) is 2. The van der Waals surface area contributed by atoms with Crippen LogP contribution in [0.25, 0.3) is 5.78 Å². The smallest absolute Gasteiger partial charge is 0.328 e. The fourth-order valence-electron chi connectivity index (χ4n) is 4.36. The molecule has 3 aromatic rings. The van der Waals surface area contributed by atoms with Gasteiger partial charge in [-0.15, -0.1) is 0 Å². The number of aromatic nitrogens is 4. The summed E-state index contributed by atoms with van der Waals surface area (Å²) in [7, 11) is 1.29. The molecular weight excluding hydrogens is 455 g/mol. The molecule has 1 aliphatic rings. The third-order valence-corrected chi connectivity index (χ3v) is 6.26. The Morgan fingerprint density at radius 1 is 1.17 bits per heavy atom. The highest BCUT2D eigenvalue weighted by Crippen LogP contribution is 2.27. The minimum absolute atomic E-state index is 0.0139. The summed E-state index contributed by atoms with van der Waals surface area (Å²) < 4.78 is 19.7. The second kappa shape index (κ2) is 10.6. The van der Waals surface area contributed by atoms with Gasteiger partial charge in [0.15, 0.2) is 0 Å². The zero-order valence-electron chi connectivity index (χ0n) is 19.6. The zero-order chi connectivity index (χ0) is 24.9. The van der Waals surface area contributed by atoms with Crippen LogP contribution in [-0.4, -0.2) is 50.5 Å². The fraction of sp³-hybridized carbons (Fsp3) is 0.417. The van der Waals surface area contributed by atoms with Gasteiger partial charge in [-0.1, -0.05) is 31.4 Å². The Hall–Kier alpha value is -3.89. The van der Waals surface area contributed by atoms with E-state index in [9.17, 15) is 18.8 Å². The van der Waals surface area contributed by atoms with E-state index in [1.807, 2.05) is 0 Å². The first-order valence-corrected chi connectivity index (χ1v) is 11.5. The van der Waals surface area contributed by atoms with Crippen LogP contribution in [0.5, 0.6) is 0 Å². The van der Waals surface area contributed by atoms with Gasteiger partial charge in [-0.3, -0.25) is 9.59 Å². The largest absolute Gasteiger partial charge is 0.467 e. The molecule has 1 saturated carbocycles. The molecule has 0 spiro atoms. The second-order valence-electron chi connectivity index (χ2n) is 8.64. The highest BCUT2D eigenvalue weighted by molar-refractivity contribution is 5.99. The lowest BCUT2D eigenvalue weighted by molar-refractivity contribution is -0.144. The molecule has 0 radical (unpaired) electrons. The van der Waals surface area contributed by atoms with Crippen molar-refractivity contribution in [3.05, 3.63) is 58.9 Å². The van der Waals surface area contributed by atoms with E-state index in [0.717, 1.165) is 32.1 Å². The van der Waals surface area contributed by atoms with Crippen molar-refractivity contribution >= 4 is 23.6 Å². The van der Waals surface area contributed by atoms with E-state index in [2.05, 4.69) is 25.7 Å². The average molecular weight is 483 g/mol. The van der Waals surface area contributed by atoms with E-state index in [0.29, 0.717) is 11.1 Å². The molecule has 2 heterocycles. The first kappa shape index (κ1) is 24.2. The third kappa shape index (κ3) is 5.44. The summed E-state index contributed by atoms with van der Waals surface area (Å²) >= 11 is 0.